The Kier molecular flexibility index (Phi) is 11.7. The minimum absolute atomic E-state index is 0. The number of hydrogen-bond acceptors (Lipinski definition) is 4. The Labute approximate surface area is 180 Å². The van der Waals surface area contributed by atoms with Crippen molar-refractivity contribution in [3.05, 3.63) is 16.1 Å². The van der Waals surface area contributed by atoms with Gasteiger partial charge in [0.1, 0.15) is 0 Å². The fraction of sp³-hybridized carbons (Fsp3) is 0.789. The van der Waals surface area contributed by atoms with Crippen molar-refractivity contribution in [2.24, 2.45) is 4.99 Å². The lowest BCUT2D eigenvalue weighted by Gasteiger charge is -2.33. The average Bonchev–Trinajstić information content (AvgIpc) is 3.07. The Morgan fingerprint density at radius 1 is 1.35 bits per heavy atom. The molecule has 0 radical (unpaired) electrons. The molecular weight excluding hydrogens is 457 g/mol. The first-order valence-corrected chi connectivity index (χ1v) is 10.6. The Morgan fingerprint density at radius 2 is 2.12 bits per heavy atom. The summed E-state index contributed by atoms with van der Waals surface area (Å²) < 4.78 is 0. The molecule has 1 aromatic rings. The summed E-state index contributed by atoms with van der Waals surface area (Å²) in [5.41, 5.74) is 1.18. The molecule has 2 rings (SSSR count). The van der Waals surface area contributed by atoms with E-state index in [0.717, 1.165) is 37.9 Å². The largest absolute Gasteiger partial charge is 0.356 e. The van der Waals surface area contributed by atoms with Crippen LogP contribution in [0.4, 0.5) is 0 Å². The molecule has 0 bridgehead atoms. The summed E-state index contributed by atoms with van der Waals surface area (Å²) in [7, 11) is 1.84. The van der Waals surface area contributed by atoms with Gasteiger partial charge in [-0.05, 0) is 32.7 Å². The molecule has 1 fully saturated rings. The van der Waals surface area contributed by atoms with Gasteiger partial charge in [0.05, 0.1) is 10.7 Å². The van der Waals surface area contributed by atoms with Gasteiger partial charge in [0, 0.05) is 50.4 Å². The van der Waals surface area contributed by atoms with Gasteiger partial charge >= 0.3 is 0 Å². The lowest BCUT2D eigenvalue weighted by molar-refractivity contribution is 0.159. The van der Waals surface area contributed by atoms with Crippen molar-refractivity contribution in [1.82, 2.24) is 20.5 Å². The van der Waals surface area contributed by atoms with Crippen LogP contribution < -0.4 is 10.6 Å². The molecule has 5 nitrogen and oxygen atoms in total. The van der Waals surface area contributed by atoms with Gasteiger partial charge in [-0.25, -0.2) is 4.98 Å². The highest BCUT2D eigenvalue weighted by atomic mass is 127. The van der Waals surface area contributed by atoms with Crippen LogP contribution in [0.25, 0.3) is 0 Å². The van der Waals surface area contributed by atoms with Crippen LogP contribution in [0, 0.1) is 0 Å². The number of likely N-dealkylation sites (tertiary alicyclic amines) is 1. The third-order valence-electron chi connectivity index (χ3n) is 4.82. The van der Waals surface area contributed by atoms with E-state index in [-0.39, 0.29) is 24.0 Å². The quantitative estimate of drug-likeness (QED) is 0.250. The van der Waals surface area contributed by atoms with Crippen LogP contribution in [-0.4, -0.2) is 55.1 Å². The molecule has 2 heterocycles. The summed E-state index contributed by atoms with van der Waals surface area (Å²) in [4.78, 5) is 11.6. The van der Waals surface area contributed by atoms with Gasteiger partial charge in [-0.2, -0.15) is 0 Å². The molecule has 0 saturated carbocycles. The van der Waals surface area contributed by atoms with E-state index in [4.69, 9.17) is 0 Å². The molecule has 150 valence electrons. The van der Waals surface area contributed by atoms with Crippen LogP contribution in [0.15, 0.2) is 10.4 Å². The lowest BCUT2D eigenvalue weighted by atomic mass is 10.0. The van der Waals surface area contributed by atoms with Crippen LogP contribution in [-0.2, 0) is 6.42 Å². The molecule has 0 aliphatic carbocycles. The molecular formula is C19H36IN5S. The van der Waals surface area contributed by atoms with Crippen LogP contribution in [0.2, 0.25) is 0 Å². The Hall–Kier alpha value is -0.410. The highest BCUT2D eigenvalue weighted by Crippen LogP contribution is 2.19. The fourth-order valence-corrected chi connectivity index (χ4v) is 4.08. The minimum atomic E-state index is 0. The Balaban J connectivity index is 0.00000338. The standard InChI is InChI=1S/C19H35N5S.HI/c1-15(2)18-23-17(14-25-18)9-11-22-19(20-4)21-10-7-13-24-12-6-5-8-16(24)3;/h14-16H,5-13H2,1-4H3,(H2,20,21,22);1H. The second-order valence-corrected chi connectivity index (χ2v) is 8.13. The number of hydrogen-bond donors (Lipinski definition) is 2. The number of nitrogens with one attached hydrogen (secondary N) is 2. The highest BCUT2D eigenvalue weighted by Gasteiger charge is 2.17. The lowest BCUT2D eigenvalue weighted by Crippen LogP contribution is -2.41. The van der Waals surface area contributed by atoms with E-state index in [1.165, 1.54) is 43.1 Å². The Bertz CT molecular complexity index is 532. The number of thiazole rings is 1. The van der Waals surface area contributed by atoms with Gasteiger partial charge in [0.15, 0.2) is 5.96 Å². The van der Waals surface area contributed by atoms with Crippen molar-refractivity contribution in [2.75, 3.05) is 33.2 Å². The maximum Gasteiger partial charge on any atom is 0.190 e. The molecule has 1 aliphatic rings. The summed E-state index contributed by atoms with van der Waals surface area (Å²) in [6.45, 7) is 11.0. The average molecular weight is 494 g/mol. The molecule has 1 atom stereocenters. The number of aliphatic imine (C=N–C) groups is 1. The molecule has 7 heteroatoms. The van der Waals surface area contributed by atoms with Crippen LogP contribution in [0.5, 0.6) is 0 Å². The molecule has 1 saturated heterocycles. The highest BCUT2D eigenvalue weighted by molar-refractivity contribution is 14.0. The van der Waals surface area contributed by atoms with Gasteiger partial charge < -0.3 is 15.5 Å². The predicted molar refractivity (Wildman–Crippen MR) is 124 cm³/mol. The monoisotopic (exact) mass is 493 g/mol. The molecule has 0 amide bonds. The van der Waals surface area contributed by atoms with Gasteiger partial charge in [0.25, 0.3) is 0 Å². The third-order valence-corrected chi connectivity index (χ3v) is 6.01. The first-order chi connectivity index (χ1) is 12.1. The van der Waals surface area contributed by atoms with Gasteiger partial charge in [-0.15, -0.1) is 35.3 Å². The van der Waals surface area contributed by atoms with Crippen molar-refractivity contribution in [1.29, 1.82) is 0 Å². The van der Waals surface area contributed by atoms with E-state index < -0.39 is 0 Å². The molecule has 1 aliphatic heterocycles. The zero-order valence-corrected chi connectivity index (χ0v) is 19.9. The molecule has 2 N–H and O–H groups in total. The van der Waals surface area contributed by atoms with Crippen molar-refractivity contribution < 1.29 is 0 Å². The molecule has 1 unspecified atom stereocenters. The second kappa shape index (κ2) is 12.9. The molecule has 0 spiro atoms. The maximum absolute atomic E-state index is 4.68. The number of piperidine rings is 1. The normalized spacial score (nSPS) is 18.7. The SMILES string of the molecule is CN=C(NCCCN1CCCCC1C)NCCc1csc(C(C)C)n1.I. The molecule has 0 aromatic carbocycles. The fourth-order valence-electron chi connectivity index (χ4n) is 3.21. The number of halogens is 1. The smallest absolute Gasteiger partial charge is 0.190 e. The number of rotatable bonds is 8. The first kappa shape index (κ1) is 23.6. The zero-order chi connectivity index (χ0) is 18.1. The van der Waals surface area contributed by atoms with E-state index in [1.54, 1.807) is 11.3 Å². The van der Waals surface area contributed by atoms with E-state index in [2.05, 4.69) is 51.7 Å². The summed E-state index contributed by atoms with van der Waals surface area (Å²) >= 11 is 1.76. The zero-order valence-electron chi connectivity index (χ0n) is 16.8. The molecule has 1 aromatic heterocycles. The van der Waals surface area contributed by atoms with Crippen molar-refractivity contribution in [3.63, 3.8) is 0 Å². The number of nitrogens with zero attached hydrogens (tertiary/aromatic N) is 3. The minimum Gasteiger partial charge on any atom is -0.356 e. The van der Waals surface area contributed by atoms with E-state index in [1.807, 2.05) is 7.05 Å². The van der Waals surface area contributed by atoms with Crippen LogP contribution >= 0.6 is 35.3 Å². The summed E-state index contributed by atoms with van der Waals surface area (Å²) in [5.74, 6) is 1.41. The van der Waals surface area contributed by atoms with Crippen LogP contribution in [0.1, 0.15) is 63.1 Å². The Morgan fingerprint density at radius 3 is 2.77 bits per heavy atom. The predicted octanol–water partition coefficient (Wildman–Crippen LogP) is 3.86. The molecule has 26 heavy (non-hydrogen) atoms. The second-order valence-electron chi connectivity index (χ2n) is 7.24. The van der Waals surface area contributed by atoms with E-state index in [9.17, 15) is 0 Å². The number of aromatic nitrogens is 1. The van der Waals surface area contributed by atoms with Crippen molar-refractivity contribution >= 4 is 41.3 Å². The summed E-state index contributed by atoms with van der Waals surface area (Å²) in [6, 6.07) is 0.750. The van der Waals surface area contributed by atoms with Crippen molar-refractivity contribution in [3.8, 4) is 0 Å². The van der Waals surface area contributed by atoms with Gasteiger partial charge in [-0.3, -0.25) is 4.99 Å². The van der Waals surface area contributed by atoms with Gasteiger partial charge in [-0.1, -0.05) is 20.3 Å². The summed E-state index contributed by atoms with van der Waals surface area (Å²) in [6.07, 6.45) is 6.20. The van der Waals surface area contributed by atoms with Crippen molar-refractivity contribution in [2.45, 2.75) is 64.8 Å². The topological polar surface area (TPSA) is 52.6 Å². The van der Waals surface area contributed by atoms with E-state index >= 15 is 0 Å². The van der Waals surface area contributed by atoms with Gasteiger partial charge in [0.2, 0.25) is 0 Å². The summed E-state index contributed by atoms with van der Waals surface area (Å²) in [5, 5.41) is 10.2. The maximum atomic E-state index is 4.68. The van der Waals surface area contributed by atoms with Crippen LogP contribution in [0.3, 0.4) is 0 Å². The first-order valence-electron chi connectivity index (χ1n) is 9.73. The third kappa shape index (κ3) is 8.08. The van der Waals surface area contributed by atoms with E-state index in [0.29, 0.717) is 5.92 Å². The number of guanidine groups is 1.